The Morgan fingerprint density at radius 1 is 1.12 bits per heavy atom. The average molecular weight is 458 g/mol. The number of hydrogen-bond acceptors (Lipinski definition) is 7. The van der Waals surface area contributed by atoms with Gasteiger partial charge in [-0.05, 0) is 72.8 Å². The van der Waals surface area contributed by atoms with Crippen molar-refractivity contribution in [2.24, 2.45) is 0 Å². The van der Waals surface area contributed by atoms with Crippen LogP contribution in [0.1, 0.15) is 64.4 Å². The van der Waals surface area contributed by atoms with Crippen LogP contribution >= 0.6 is 0 Å². The summed E-state index contributed by atoms with van der Waals surface area (Å²) in [5, 5.41) is 9.64. The molecule has 1 aliphatic rings. The molecule has 0 spiro atoms. The van der Waals surface area contributed by atoms with Gasteiger partial charge in [0.15, 0.2) is 5.75 Å². The fraction of sp³-hybridized carbons (Fsp3) is 0.619. The molecule has 1 aliphatic heterocycles. The number of carboxylic acid groups (broad SMARTS) is 1. The maximum atomic E-state index is 12.8. The SMILES string of the molecule is CC(C)(C)OC(=O)Oc1c(CCB2OC(C)(C)C(C)(C)O2)ccc(OC(F)F)c1C(=O)O. The van der Waals surface area contributed by atoms with Gasteiger partial charge in [0.05, 0.1) is 11.2 Å². The van der Waals surface area contributed by atoms with Gasteiger partial charge >= 0.3 is 25.9 Å². The predicted molar refractivity (Wildman–Crippen MR) is 111 cm³/mol. The molecule has 1 aromatic rings. The molecule has 0 bridgehead atoms. The van der Waals surface area contributed by atoms with E-state index in [0.29, 0.717) is 6.32 Å². The molecule has 11 heteroatoms. The number of alkyl halides is 2. The lowest BCUT2D eigenvalue weighted by Crippen LogP contribution is -2.41. The molecule has 0 aliphatic carbocycles. The number of carboxylic acids is 1. The van der Waals surface area contributed by atoms with Crippen LogP contribution in [-0.2, 0) is 20.5 Å². The molecule has 0 amide bonds. The van der Waals surface area contributed by atoms with Gasteiger partial charge in [0.1, 0.15) is 16.9 Å². The van der Waals surface area contributed by atoms with Gasteiger partial charge in [-0.15, -0.1) is 0 Å². The summed E-state index contributed by atoms with van der Waals surface area (Å²) in [5.41, 5.74) is -2.48. The Morgan fingerprint density at radius 3 is 2.16 bits per heavy atom. The first kappa shape index (κ1) is 25.9. The number of halogens is 2. The van der Waals surface area contributed by atoms with E-state index in [-0.39, 0.29) is 12.0 Å². The second-order valence-corrected chi connectivity index (χ2v) is 9.40. The maximum Gasteiger partial charge on any atom is 0.514 e. The normalized spacial score (nSPS) is 17.4. The van der Waals surface area contributed by atoms with Gasteiger partial charge in [0.25, 0.3) is 0 Å². The quantitative estimate of drug-likeness (QED) is 0.349. The molecule has 1 fully saturated rings. The third kappa shape index (κ3) is 6.32. The van der Waals surface area contributed by atoms with E-state index in [9.17, 15) is 23.5 Å². The Kier molecular flexibility index (Phi) is 7.46. The molecular weight excluding hydrogens is 429 g/mol. The van der Waals surface area contributed by atoms with Crippen molar-refractivity contribution in [3.8, 4) is 11.5 Å². The highest BCUT2D eigenvalue weighted by Crippen LogP contribution is 2.39. The van der Waals surface area contributed by atoms with E-state index in [1.54, 1.807) is 20.8 Å². The Balaban J connectivity index is 2.37. The predicted octanol–water partition coefficient (Wildman–Crippen LogP) is 4.93. The second-order valence-electron chi connectivity index (χ2n) is 9.40. The van der Waals surface area contributed by atoms with Crippen molar-refractivity contribution in [2.75, 3.05) is 0 Å². The lowest BCUT2D eigenvalue weighted by molar-refractivity contribution is -0.0504. The van der Waals surface area contributed by atoms with Crippen LogP contribution in [0, 0.1) is 0 Å². The summed E-state index contributed by atoms with van der Waals surface area (Å²) < 4.78 is 52.1. The standard InChI is InChI=1S/C21H29BF2O8/c1-19(2,3)30-18(27)29-15-12(8-9-13(28-17(23)24)14(15)16(25)26)10-11-22-31-20(4,5)21(6,7)32-22/h8-9,17H,10-11H2,1-7H3,(H,25,26). The fourth-order valence-corrected chi connectivity index (χ4v) is 3.03. The fourth-order valence-electron chi connectivity index (χ4n) is 3.03. The van der Waals surface area contributed by atoms with Crippen LogP contribution in [0.5, 0.6) is 11.5 Å². The summed E-state index contributed by atoms with van der Waals surface area (Å²) in [5.74, 6) is -2.66. The number of aromatic carboxylic acids is 1. The molecule has 2 rings (SSSR count). The monoisotopic (exact) mass is 458 g/mol. The Hall–Kier alpha value is -2.40. The van der Waals surface area contributed by atoms with Crippen molar-refractivity contribution in [3.05, 3.63) is 23.3 Å². The number of benzene rings is 1. The summed E-state index contributed by atoms with van der Waals surface area (Å²) in [7, 11) is -0.598. The Morgan fingerprint density at radius 2 is 1.69 bits per heavy atom. The Labute approximate surface area is 186 Å². The van der Waals surface area contributed by atoms with E-state index in [2.05, 4.69) is 4.74 Å². The minimum atomic E-state index is -3.27. The highest BCUT2D eigenvalue weighted by Gasteiger charge is 2.50. The van der Waals surface area contributed by atoms with E-state index in [4.69, 9.17) is 18.8 Å². The second kappa shape index (κ2) is 9.23. The summed E-state index contributed by atoms with van der Waals surface area (Å²) in [6.45, 7) is 9.10. The number of rotatable bonds is 7. The Bertz CT molecular complexity index is 848. The van der Waals surface area contributed by atoms with Gasteiger partial charge in [-0.2, -0.15) is 8.78 Å². The van der Waals surface area contributed by atoms with Gasteiger partial charge in [-0.3, -0.25) is 0 Å². The van der Waals surface area contributed by atoms with Crippen molar-refractivity contribution in [3.63, 3.8) is 0 Å². The van der Waals surface area contributed by atoms with Gasteiger partial charge in [0, 0.05) is 0 Å². The van der Waals surface area contributed by atoms with Crippen LogP contribution in [0.3, 0.4) is 0 Å². The first-order valence-corrected chi connectivity index (χ1v) is 10.1. The van der Waals surface area contributed by atoms with Crippen LogP contribution in [-0.4, -0.2) is 47.8 Å². The maximum absolute atomic E-state index is 12.8. The van der Waals surface area contributed by atoms with Crippen LogP contribution < -0.4 is 9.47 Å². The third-order valence-electron chi connectivity index (χ3n) is 5.16. The molecule has 178 valence electrons. The third-order valence-corrected chi connectivity index (χ3v) is 5.16. The average Bonchev–Trinajstić information content (AvgIpc) is 2.78. The molecule has 0 aromatic heterocycles. The molecule has 1 aromatic carbocycles. The number of hydrogen-bond donors (Lipinski definition) is 1. The van der Waals surface area contributed by atoms with Crippen LogP contribution in [0.4, 0.5) is 13.6 Å². The number of ether oxygens (including phenoxy) is 3. The minimum Gasteiger partial charge on any atom is -0.477 e. The molecule has 0 saturated carbocycles. The number of carbonyl (C=O) groups is 2. The van der Waals surface area contributed by atoms with Gasteiger partial charge in [0.2, 0.25) is 0 Å². The highest BCUT2D eigenvalue weighted by atomic mass is 19.3. The number of aryl methyl sites for hydroxylation is 1. The van der Waals surface area contributed by atoms with Gasteiger partial charge in [-0.25, -0.2) is 9.59 Å². The van der Waals surface area contributed by atoms with Crippen molar-refractivity contribution < 1.29 is 47.0 Å². The van der Waals surface area contributed by atoms with E-state index in [1.807, 2.05) is 27.7 Å². The van der Waals surface area contributed by atoms with Crippen molar-refractivity contribution in [1.29, 1.82) is 0 Å². The minimum absolute atomic E-state index is 0.171. The topological polar surface area (TPSA) is 101 Å². The van der Waals surface area contributed by atoms with Crippen molar-refractivity contribution in [1.82, 2.24) is 0 Å². The highest BCUT2D eigenvalue weighted by molar-refractivity contribution is 6.45. The lowest BCUT2D eigenvalue weighted by Gasteiger charge is -2.32. The molecule has 0 radical (unpaired) electrons. The summed E-state index contributed by atoms with van der Waals surface area (Å²) in [4.78, 5) is 24.1. The zero-order chi connectivity index (χ0) is 24.5. The molecule has 0 atom stereocenters. The van der Waals surface area contributed by atoms with Gasteiger partial charge in [-0.1, -0.05) is 6.07 Å². The largest absolute Gasteiger partial charge is 0.514 e. The van der Waals surface area contributed by atoms with E-state index in [0.717, 1.165) is 6.07 Å². The van der Waals surface area contributed by atoms with Crippen LogP contribution in [0.2, 0.25) is 6.32 Å². The van der Waals surface area contributed by atoms with E-state index < -0.39 is 59.7 Å². The van der Waals surface area contributed by atoms with Crippen LogP contribution in [0.15, 0.2) is 12.1 Å². The molecule has 8 nitrogen and oxygen atoms in total. The molecule has 1 heterocycles. The molecule has 32 heavy (non-hydrogen) atoms. The van der Waals surface area contributed by atoms with Crippen molar-refractivity contribution in [2.45, 2.75) is 84.6 Å². The summed E-state index contributed by atoms with van der Waals surface area (Å²) in [6, 6.07) is 2.45. The smallest absolute Gasteiger partial charge is 0.477 e. The summed E-state index contributed by atoms with van der Waals surface area (Å²) in [6.07, 6.45) is -0.707. The zero-order valence-corrected chi connectivity index (χ0v) is 19.3. The summed E-state index contributed by atoms with van der Waals surface area (Å²) >= 11 is 0. The van der Waals surface area contributed by atoms with E-state index in [1.165, 1.54) is 6.07 Å². The first-order valence-electron chi connectivity index (χ1n) is 10.1. The first-order chi connectivity index (χ1) is 14.5. The van der Waals surface area contributed by atoms with Crippen LogP contribution in [0.25, 0.3) is 0 Å². The molecular formula is C21H29BF2O8. The zero-order valence-electron chi connectivity index (χ0n) is 19.3. The number of carbonyl (C=O) groups excluding carboxylic acids is 1. The van der Waals surface area contributed by atoms with Crippen molar-refractivity contribution >= 4 is 19.2 Å². The molecule has 0 unspecified atom stereocenters. The molecule has 1 saturated heterocycles. The molecule has 1 N–H and O–H groups in total. The van der Waals surface area contributed by atoms with E-state index >= 15 is 0 Å². The lowest BCUT2D eigenvalue weighted by atomic mass is 9.81. The van der Waals surface area contributed by atoms with Gasteiger partial charge < -0.3 is 28.6 Å².